The van der Waals surface area contributed by atoms with Gasteiger partial charge in [-0.1, -0.05) is 50.6 Å². The fraction of sp³-hybridized carbons (Fsp3) is 0.636. The lowest BCUT2D eigenvalue weighted by Crippen LogP contribution is -2.47. The maximum absolute atomic E-state index is 12.8. The molecule has 2 N–H and O–H groups in total. The zero-order valence-corrected chi connectivity index (χ0v) is 16.7. The average molecular weight is 357 g/mol. The van der Waals surface area contributed by atoms with Crippen molar-refractivity contribution in [2.24, 2.45) is 16.7 Å². The van der Waals surface area contributed by atoms with Crippen molar-refractivity contribution in [3.8, 4) is 0 Å². The molecule has 4 atom stereocenters. The lowest BCUT2D eigenvalue weighted by atomic mass is 9.69. The van der Waals surface area contributed by atoms with Gasteiger partial charge in [0.15, 0.2) is 0 Å². The topological polar surface area (TPSA) is 58.2 Å². The third-order valence-electron chi connectivity index (χ3n) is 7.38. The average Bonchev–Trinajstić information content (AvgIpc) is 2.88. The van der Waals surface area contributed by atoms with E-state index < -0.39 is 0 Å². The zero-order chi connectivity index (χ0) is 19.1. The fourth-order valence-electron chi connectivity index (χ4n) is 5.16. The van der Waals surface area contributed by atoms with E-state index in [2.05, 4.69) is 31.4 Å². The van der Waals surface area contributed by atoms with Crippen LogP contribution in [0.5, 0.6) is 0 Å². The Balaban J connectivity index is 1.69. The molecule has 0 heterocycles. The van der Waals surface area contributed by atoms with E-state index in [4.69, 9.17) is 0 Å². The number of aryl methyl sites for hydroxylation is 1. The molecular weight excluding hydrogens is 324 g/mol. The van der Waals surface area contributed by atoms with Crippen molar-refractivity contribution >= 4 is 11.8 Å². The van der Waals surface area contributed by atoms with Crippen LogP contribution >= 0.6 is 0 Å². The van der Waals surface area contributed by atoms with Crippen molar-refractivity contribution in [1.82, 2.24) is 10.6 Å². The molecule has 4 unspecified atom stereocenters. The normalized spacial score (nSPS) is 30.0. The molecule has 3 rings (SSSR count). The van der Waals surface area contributed by atoms with Gasteiger partial charge in [0.1, 0.15) is 0 Å². The summed E-state index contributed by atoms with van der Waals surface area (Å²) >= 11 is 0. The minimum Gasteiger partial charge on any atom is -0.353 e. The Hall–Kier alpha value is -1.84. The number of amides is 2. The van der Waals surface area contributed by atoms with Crippen molar-refractivity contribution < 1.29 is 9.59 Å². The Kier molecular flexibility index (Phi) is 4.89. The highest BCUT2D eigenvalue weighted by molar-refractivity contribution is 5.79. The molecule has 0 aromatic heterocycles. The first kappa shape index (κ1) is 18.9. The van der Waals surface area contributed by atoms with Crippen LogP contribution in [0.25, 0.3) is 0 Å². The summed E-state index contributed by atoms with van der Waals surface area (Å²) in [6.07, 6.45) is 3.81. The number of hydrogen-bond acceptors (Lipinski definition) is 2. The van der Waals surface area contributed by atoms with Gasteiger partial charge in [-0.3, -0.25) is 9.59 Å². The summed E-state index contributed by atoms with van der Waals surface area (Å²) < 4.78 is 0. The predicted octanol–water partition coefficient (Wildman–Crippen LogP) is 3.89. The van der Waals surface area contributed by atoms with Gasteiger partial charge < -0.3 is 10.6 Å². The first-order chi connectivity index (χ1) is 12.1. The van der Waals surface area contributed by atoms with Crippen LogP contribution in [0.2, 0.25) is 0 Å². The second kappa shape index (κ2) is 6.71. The van der Waals surface area contributed by atoms with Gasteiger partial charge in [-0.2, -0.15) is 0 Å². The van der Waals surface area contributed by atoms with Crippen molar-refractivity contribution in [2.75, 3.05) is 0 Å². The molecular formula is C22H32N2O2. The summed E-state index contributed by atoms with van der Waals surface area (Å²) in [7, 11) is 0. The first-order valence-electron chi connectivity index (χ1n) is 9.76. The summed E-state index contributed by atoms with van der Waals surface area (Å²) in [6.45, 7) is 10.6. The molecule has 0 aliphatic heterocycles. The zero-order valence-electron chi connectivity index (χ0n) is 16.7. The van der Waals surface area contributed by atoms with E-state index in [9.17, 15) is 9.59 Å². The smallest absolute Gasteiger partial charge is 0.222 e. The SMILES string of the molecule is CC(=O)NC(CC(=O)NC1CC2CCC1(C)C2(C)C)c1ccc(C)cc1. The van der Waals surface area contributed by atoms with E-state index in [1.807, 2.05) is 31.2 Å². The molecule has 2 aliphatic carbocycles. The summed E-state index contributed by atoms with van der Waals surface area (Å²) in [5.74, 6) is 0.608. The molecule has 2 fully saturated rings. The minimum atomic E-state index is -0.285. The van der Waals surface area contributed by atoms with Crippen LogP contribution < -0.4 is 10.6 Å². The molecule has 2 bridgehead atoms. The highest BCUT2D eigenvalue weighted by Crippen LogP contribution is 2.65. The molecule has 0 radical (unpaired) electrons. The Labute approximate surface area is 157 Å². The number of carbonyl (C=O) groups is 2. The van der Waals surface area contributed by atoms with Crippen molar-refractivity contribution in [2.45, 2.75) is 72.4 Å². The Morgan fingerprint density at radius 2 is 1.85 bits per heavy atom. The minimum absolute atomic E-state index is 0.0268. The Morgan fingerprint density at radius 3 is 2.35 bits per heavy atom. The molecule has 2 saturated carbocycles. The quantitative estimate of drug-likeness (QED) is 0.841. The van der Waals surface area contributed by atoms with Crippen LogP contribution in [0.3, 0.4) is 0 Å². The largest absolute Gasteiger partial charge is 0.353 e. The molecule has 0 saturated heterocycles. The monoisotopic (exact) mass is 356 g/mol. The maximum Gasteiger partial charge on any atom is 0.222 e. The van der Waals surface area contributed by atoms with Crippen LogP contribution in [0.1, 0.15) is 70.5 Å². The van der Waals surface area contributed by atoms with E-state index in [-0.39, 0.29) is 41.1 Å². The fourth-order valence-corrected chi connectivity index (χ4v) is 5.16. The van der Waals surface area contributed by atoms with Crippen molar-refractivity contribution in [3.05, 3.63) is 35.4 Å². The second-order valence-electron chi connectivity index (χ2n) is 9.10. The van der Waals surface area contributed by atoms with Gasteiger partial charge in [0, 0.05) is 13.0 Å². The Bertz CT molecular complexity index is 695. The van der Waals surface area contributed by atoms with E-state index in [1.165, 1.54) is 19.8 Å². The van der Waals surface area contributed by atoms with Crippen molar-refractivity contribution in [3.63, 3.8) is 0 Å². The van der Waals surface area contributed by atoms with E-state index in [0.717, 1.165) is 17.5 Å². The van der Waals surface area contributed by atoms with E-state index in [1.54, 1.807) is 0 Å². The van der Waals surface area contributed by atoms with Crippen molar-refractivity contribution in [1.29, 1.82) is 0 Å². The lowest BCUT2D eigenvalue weighted by Gasteiger charge is -2.39. The number of hydrogen-bond donors (Lipinski definition) is 2. The first-order valence-corrected chi connectivity index (χ1v) is 9.76. The molecule has 26 heavy (non-hydrogen) atoms. The van der Waals surface area contributed by atoms with Gasteiger partial charge in [-0.25, -0.2) is 0 Å². The third kappa shape index (κ3) is 3.26. The molecule has 4 heteroatoms. The van der Waals surface area contributed by atoms with Gasteiger partial charge in [-0.05, 0) is 48.5 Å². The second-order valence-corrected chi connectivity index (χ2v) is 9.10. The summed E-state index contributed by atoms with van der Waals surface area (Å²) in [5, 5.41) is 6.23. The molecule has 4 nitrogen and oxygen atoms in total. The standard InChI is InChI=1S/C22H32N2O2/c1-14-6-8-16(9-7-14)18(23-15(2)25)13-20(26)24-19-12-17-10-11-22(19,5)21(17,3)4/h6-9,17-19H,10-13H2,1-5H3,(H,23,25)(H,24,26). The van der Waals surface area contributed by atoms with E-state index in [0.29, 0.717) is 5.92 Å². The number of fused-ring (bicyclic) bond motifs is 2. The van der Waals surface area contributed by atoms with Gasteiger partial charge in [0.05, 0.1) is 12.5 Å². The lowest BCUT2D eigenvalue weighted by molar-refractivity contribution is -0.124. The summed E-state index contributed by atoms with van der Waals surface area (Å²) in [4.78, 5) is 24.4. The molecule has 0 spiro atoms. The number of carbonyl (C=O) groups excluding carboxylic acids is 2. The van der Waals surface area contributed by atoms with Gasteiger partial charge in [0.25, 0.3) is 0 Å². The number of nitrogens with one attached hydrogen (secondary N) is 2. The maximum atomic E-state index is 12.8. The molecule has 1 aromatic carbocycles. The van der Waals surface area contributed by atoms with Crippen LogP contribution in [-0.2, 0) is 9.59 Å². The van der Waals surface area contributed by atoms with Gasteiger partial charge in [-0.15, -0.1) is 0 Å². The molecule has 2 aliphatic rings. The number of rotatable bonds is 5. The molecule has 1 aromatic rings. The van der Waals surface area contributed by atoms with Gasteiger partial charge in [0.2, 0.25) is 11.8 Å². The summed E-state index contributed by atoms with van der Waals surface area (Å²) in [5.41, 5.74) is 2.58. The van der Waals surface area contributed by atoms with Crippen LogP contribution in [0.15, 0.2) is 24.3 Å². The van der Waals surface area contributed by atoms with E-state index >= 15 is 0 Å². The van der Waals surface area contributed by atoms with Gasteiger partial charge >= 0.3 is 0 Å². The van der Waals surface area contributed by atoms with Crippen LogP contribution in [0.4, 0.5) is 0 Å². The predicted molar refractivity (Wildman–Crippen MR) is 104 cm³/mol. The molecule has 2 amide bonds. The van der Waals surface area contributed by atoms with Crippen LogP contribution in [0, 0.1) is 23.7 Å². The highest BCUT2D eigenvalue weighted by Gasteiger charge is 2.61. The number of benzene rings is 1. The summed E-state index contributed by atoms with van der Waals surface area (Å²) in [6, 6.07) is 7.96. The third-order valence-corrected chi connectivity index (χ3v) is 7.38. The molecule has 142 valence electrons. The van der Waals surface area contributed by atoms with Crippen LogP contribution in [-0.4, -0.2) is 17.9 Å². The highest BCUT2D eigenvalue weighted by atomic mass is 16.2. The Morgan fingerprint density at radius 1 is 1.19 bits per heavy atom.